The predicted octanol–water partition coefficient (Wildman–Crippen LogP) is 18.6. The standard InChI is InChI=1S/C60H38N2O5S4/c63-45-18-7-8-19-46(45)65-50-22-13-25-56-60(50)71-58-36-41(28-31-55(58)69-56)62(40-27-30-54-57(35-40)70-53-24-12-11-23-52(53)68-54)44-33-42(32-43(59(44)64)37-14-3-1-4-15-37)61(38-16-5-2-6-17-38)39-26-29-49-51(34-39)67-48-21-10-9-20-47(48)66-49/h1-36,63-64H. The fourth-order valence-corrected chi connectivity index (χ4v) is 13.5. The molecular weight excluding hydrogens is 957 g/mol. The summed E-state index contributed by atoms with van der Waals surface area (Å²) in [6.07, 6.45) is 0. The third-order valence-corrected chi connectivity index (χ3v) is 17.4. The van der Waals surface area contributed by atoms with Gasteiger partial charge in [0.05, 0.1) is 16.3 Å². The molecule has 0 spiro atoms. The zero-order valence-electron chi connectivity index (χ0n) is 37.4. The van der Waals surface area contributed by atoms with E-state index in [0.717, 1.165) is 58.5 Å². The normalized spacial score (nSPS) is 12.6. The van der Waals surface area contributed by atoms with Crippen LogP contribution in [0.15, 0.2) is 258 Å². The Hall–Kier alpha value is -7.80. The topological polar surface area (TPSA) is 74.6 Å². The lowest BCUT2D eigenvalue weighted by molar-refractivity contribution is 0.360. The highest BCUT2D eigenvalue weighted by Crippen LogP contribution is 2.57. The molecule has 0 atom stereocenters. The monoisotopic (exact) mass is 994 g/mol. The van der Waals surface area contributed by atoms with E-state index in [1.807, 2.05) is 109 Å². The third kappa shape index (κ3) is 8.16. The summed E-state index contributed by atoms with van der Waals surface area (Å²) in [6, 6.07) is 72.7. The van der Waals surface area contributed by atoms with Gasteiger partial charge in [-0.25, -0.2) is 0 Å². The number of hydrogen-bond acceptors (Lipinski definition) is 11. The zero-order valence-corrected chi connectivity index (χ0v) is 40.7. The third-order valence-electron chi connectivity index (χ3n) is 12.3. The van der Waals surface area contributed by atoms with Crippen LogP contribution in [0.3, 0.4) is 0 Å². The lowest BCUT2D eigenvalue weighted by atomic mass is 10.0. The van der Waals surface area contributed by atoms with Crippen LogP contribution in [0.5, 0.6) is 46.0 Å². The number of rotatable bonds is 9. The molecular formula is C60H38N2O5S4. The Kier molecular flexibility index (Phi) is 11.1. The highest BCUT2D eigenvalue weighted by atomic mass is 32.2. The highest BCUT2D eigenvalue weighted by molar-refractivity contribution is 8.05. The molecule has 0 aromatic heterocycles. The summed E-state index contributed by atoms with van der Waals surface area (Å²) in [5.74, 6) is 3.77. The minimum Gasteiger partial charge on any atom is -0.505 e. The van der Waals surface area contributed by atoms with Crippen molar-refractivity contribution in [3.05, 3.63) is 218 Å². The first kappa shape index (κ1) is 43.2. The van der Waals surface area contributed by atoms with Crippen LogP contribution in [0.25, 0.3) is 11.1 Å². The first-order valence-electron chi connectivity index (χ1n) is 22.8. The van der Waals surface area contributed by atoms with Gasteiger partial charge in [0.15, 0.2) is 34.5 Å². The molecule has 10 aromatic carbocycles. The highest BCUT2D eigenvalue weighted by Gasteiger charge is 2.29. The molecule has 2 N–H and O–H groups in total. The molecule has 3 aliphatic rings. The van der Waals surface area contributed by atoms with Crippen LogP contribution in [0.2, 0.25) is 0 Å². The quantitative estimate of drug-likeness (QED) is 0.145. The van der Waals surface area contributed by atoms with Crippen LogP contribution in [0.1, 0.15) is 0 Å². The van der Waals surface area contributed by atoms with Gasteiger partial charge < -0.3 is 34.2 Å². The maximum absolute atomic E-state index is 13.0. The maximum atomic E-state index is 13.0. The molecule has 0 aliphatic carbocycles. The Morgan fingerprint density at radius 1 is 0.352 bits per heavy atom. The number of phenolic OH excluding ortho intramolecular Hbond substituents is 2. The molecule has 342 valence electrons. The molecule has 0 saturated heterocycles. The predicted molar refractivity (Wildman–Crippen MR) is 287 cm³/mol. The van der Waals surface area contributed by atoms with Gasteiger partial charge in [-0.3, -0.25) is 0 Å². The van der Waals surface area contributed by atoms with Crippen molar-refractivity contribution in [3.63, 3.8) is 0 Å². The molecule has 3 heterocycles. The van der Waals surface area contributed by atoms with E-state index in [2.05, 4.69) is 101 Å². The van der Waals surface area contributed by atoms with Crippen molar-refractivity contribution in [2.45, 2.75) is 39.2 Å². The van der Waals surface area contributed by atoms with E-state index in [1.54, 1.807) is 65.2 Å². The SMILES string of the molecule is Oc1ccccc1Oc1cccc2c1Sc1cc(N(c3ccc4c(c3)Sc3ccccc3S4)c3cc(N(c4ccccc4)c4ccc5c(c4)Oc4ccccc4O5)cc(-c4ccccc4)c3O)ccc1S2. The van der Waals surface area contributed by atoms with E-state index in [1.165, 1.54) is 14.7 Å². The van der Waals surface area contributed by atoms with Crippen molar-refractivity contribution >= 4 is 81.2 Å². The number of benzene rings is 10. The fraction of sp³-hybridized carbons (Fsp3) is 0. The molecule has 0 fully saturated rings. The number of nitrogens with zero attached hydrogens (tertiary/aromatic N) is 2. The fourth-order valence-electron chi connectivity index (χ4n) is 8.95. The molecule has 0 unspecified atom stereocenters. The van der Waals surface area contributed by atoms with Gasteiger partial charge in [-0.15, -0.1) is 0 Å². The van der Waals surface area contributed by atoms with Gasteiger partial charge in [-0.05, 0) is 127 Å². The molecule has 0 bridgehead atoms. The van der Waals surface area contributed by atoms with Crippen LogP contribution < -0.4 is 24.0 Å². The first-order chi connectivity index (χ1) is 35.0. The zero-order chi connectivity index (χ0) is 47.4. The van der Waals surface area contributed by atoms with Crippen molar-refractivity contribution in [1.82, 2.24) is 0 Å². The van der Waals surface area contributed by atoms with E-state index < -0.39 is 0 Å². The molecule has 7 nitrogen and oxygen atoms in total. The smallest absolute Gasteiger partial charge is 0.172 e. The first-order valence-corrected chi connectivity index (χ1v) is 26.1. The number of ether oxygens (including phenoxy) is 3. The van der Waals surface area contributed by atoms with Crippen LogP contribution in [-0.4, -0.2) is 10.2 Å². The lowest BCUT2D eigenvalue weighted by Gasteiger charge is -2.32. The van der Waals surface area contributed by atoms with Crippen LogP contribution in [-0.2, 0) is 0 Å². The van der Waals surface area contributed by atoms with Gasteiger partial charge in [0, 0.05) is 68.6 Å². The summed E-state index contributed by atoms with van der Waals surface area (Å²) in [7, 11) is 0. The van der Waals surface area contributed by atoms with Crippen LogP contribution >= 0.6 is 47.0 Å². The maximum Gasteiger partial charge on any atom is 0.172 e. The number of para-hydroxylation sites is 5. The largest absolute Gasteiger partial charge is 0.505 e. The van der Waals surface area contributed by atoms with Gasteiger partial charge >= 0.3 is 0 Å². The Bertz CT molecular complexity index is 3710. The second-order valence-electron chi connectivity index (χ2n) is 16.8. The second-order valence-corrected chi connectivity index (χ2v) is 21.1. The Balaban J connectivity index is 0.994. The Labute approximate surface area is 427 Å². The summed E-state index contributed by atoms with van der Waals surface area (Å²) >= 11 is 6.84. The summed E-state index contributed by atoms with van der Waals surface area (Å²) in [5.41, 5.74) is 6.40. The van der Waals surface area contributed by atoms with Crippen LogP contribution in [0, 0.1) is 0 Å². The van der Waals surface area contributed by atoms with Gasteiger partial charge in [0.25, 0.3) is 0 Å². The van der Waals surface area contributed by atoms with Gasteiger partial charge in [-0.1, -0.05) is 138 Å². The lowest BCUT2D eigenvalue weighted by Crippen LogP contribution is -2.14. The Morgan fingerprint density at radius 2 is 0.887 bits per heavy atom. The average Bonchev–Trinajstić information content (AvgIpc) is 3.41. The molecule has 0 amide bonds. The van der Waals surface area contributed by atoms with E-state index in [0.29, 0.717) is 45.7 Å². The van der Waals surface area contributed by atoms with E-state index in [9.17, 15) is 10.2 Å². The summed E-state index contributed by atoms with van der Waals surface area (Å²) in [6.45, 7) is 0. The molecule has 0 radical (unpaired) electrons. The van der Waals surface area contributed by atoms with Crippen molar-refractivity contribution in [2.24, 2.45) is 0 Å². The molecule has 11 heteroatoms. The van der Waals surface area contributed by atoms with Crippen LogP contribution in [0.4, 0.5) is 34.1 Å². The molecule has 0 saturated carbocycles. The number of hydrogen-bond donors (Lipinski definition) is 2. The van der Waals surface area contributed by atoms with Gasteiger partial charge in [0.2, 0.25) is 0 Å². The molecule has 71 heavy (non-hydrogen) atoms. The number of anilines is 6. The molecule has 3 aliphatic heterocycles. The van der Waals surface area contributed by atoms with E-state index in [-0.39, 0.29) is 11.5 Å². The van der Waals surface area contributed by atoms with E-state index in [4.69, 9.17) is 14.2 Å². The van der Waals surface area contributed by atoms with Crippen molar-refractivity contribution in [3.8, 4) is 57.1 Å². The van der Waals surface area contributed by atoms with Crippen molar-refractivity contribution in [2.75, 3.05) is 9.80 Å². The Morgan fingerprint density at radius 3 is 1.62 bits per heavy atom. The molecule has 13 rings (SSSR count). The van der Waals surface area contributed by atoms with Gasteiger partial charge in [0.1, 0.15) is 11.5 Å². The number of phenols is 2. The summed E-state index contributed by atoms with van der Waals surface area (Å²) < 4.78 is 19.2. The second kappa shape index (κ2) is 18.2. The van der Waals surface area contributed by atoms with Crippen molar-refractivity contribution < 1.29 is 24.4 Å². The van der Waals surface area contributed by atoms with Gasteiger partial charge in [-0.2, -0.15) is 0 Å². The average molecular weight is 995 g/mol. The van der Waals surface area contributed by atoms with E-state index >= 15 is 0 Å². The molecule has 10 aromatic rings. The minimum absolute atomic E-state index is 0.0736. The number of aromatic hydroxyl groups is 2. The minimum atomic E-state index is 0.0736. The van der Waals surface area contributed by atoms with Crippen molar-refractivity contribution in [1.29, 1.82) is 0 Å². The summed E-state index contributed by atoms with van der Waals surface area (Å²) in [4.78, 5) is 13.2. The number of fused-ring (bicyclic) bond motifs is 6. The summed E-state index contributed by atoms with van der Waals surface area (Å²) in [5, 5.41) is 23.7.